The minimum atomic E-state index is -0.240. The van der Waals surface area contributed by atoms with Crippen LogP contribution in [0.1, 0.15) is 36.0 Å². The zero-order valence-corrected chi connectivity index (χ0v) is 10.7. The molecule has 1 amide bonds. The fourth-order valence-electron chi connectivity index (χ4n) is 2.24. The molecule has 0 atom stereocenters. The van der Waals surface area contributed by atoms with Gasteiger partial charge in [-0.05, 0) is 37.8 Å². The number of nitrogens with zero attached hydrogens (tertiary/aromatic N) is 1. The second kappa shape index (κ2) is 5.93. The van der Waals surface area contributed by atoms with Gasteiger partial charge >= 0.3 is 0 Å². The normalized spacial score (nSPS) is 15.0. The van der Waals surface area contributed by atoms with Crippen molar-refractivity contribution in [3.63, 3.8) is 0 Å². The Hall–Kier alpha value is -1.75. The van der Waals surface area contributed by atoms with Gasteiger partial charge in [0, 0.05) is 25.3 Å². The fourth-order valence-corrected chi connectivity index (χ4v) is 2.24. The van der Waals surface area contributed by atoms with Crippen molar-refractivity contribution in [1.29, 1.82) is 0 Å². The Bertz CT molecular complexity index is 457. The maximum absolute atomic E-state index is 12.4. The molecule has 0 bridgehead atoms. The van der Waals surface area contributed by atoms with Crippen LogP contribution in [0.25, 0.3) is 0 Å². The molecule has 0 saturated heterocycles. The molecule has 0 heterocycles. The predicted molar refractivity (Wildman–Crippen MR) is 70.1 cm³/mol. The average Bonchev–Trinajstić information content (AvgIpc) is 2.31. The summed E-state index contributed by atoms with van der Waals surface area (Å²) in [6, 6.07) is 4.18. The molecule has 1 aromatic rings. The first-order valence-corrected chi connectivity index (χ1v) is 6.57. The van der Waals surface area contributed by atoms with Crippen LogP contribution in [0.2, 0.25) is 0 Å². The second-order valence-corrected chi connectivity index (χ2v) is 4.86. The van der Waals surface area contributed by atoms with E-state index in [2.05, 4.69) is 0 Å². The number of aliphatic hydroxyl groups excluding tert-OH is 1. The van der Waals surface area contributed by atoms with Crippen molar-refractivity contribution in [1.82, 2.24) is 4.90 Å². The number of phenolic OH excluding ortho intramolecular Hbond substituents is 2. The molecule has 1 aromatic carbocycles. The molecule has 5 nitrogen and oxygen atoms in total. The van der Waals surface area contributed by atoms with Gasteiger partial charge in [0.1, 0.15) is 11.5 Å². The third-order valence-electron chi connectivity index (χ3n) is 3.55. The number of phenols is 2. The number of hydrogen-bond donors (Lipinski definition) is 3. The van der Waals surface area contributed by atoms with Crippen molar-refractivity contribution in [2.75, 3.05) is 13.2 Å². The number of aliphatic hydroxyl groups is 1. The lowest BCUT2D eigenvalue weighted by Gasteiger charge is -2.37. The highest BCUT2D eigenvalue weighted by molar-refractivity contribution is 5.97. The number of aromatic hydroxyl groups is 2. The number of benzene rings is 1. The van der Waals surface area contributed by atoms with E-state index >= 15 is 0 Å². The Morgan fingerprint density at radius 2 is 2.05 bits per heavy atom. The summed E-state index contributed by atoms with van der Waals surface area (Å²) in [4.78, 5) is 14.1. The third-order valence-corrected chi connectivity index (χ3v) is 3.55. The van der Waals surface area contributed by atoms with Crippen LogP contribution in [0, 0.1) is 0 Å². The largest absolute Gasteiger partial charge is 0.508 e. The van der Waals surface area contributed by atoms with Gasteiger partial charge in [-0.15, -0.1) is 0 Å². The van der Waals surface area contributed by atoms with Gasteiger partial charge in [0.15, 0.2) is 0 Å². The highest BCUT2D eigenvalue weighted by atomic mass is 16.3. The van der Waals surface area contributed by atoms with Gasteiger partial charge in [0.05, 0.1) is 5.56 Å². The number of rotatable bonds is 5. The highest BCUT2D eigenvalue weighted by Gasteiger charge is 2.30. The van der Waals surface area contributed by atoms with Gasteiger partial charge in [0.25, 0.3) is 5.91 Å². The van der Waals surface area contributed by atoms with E-state index in [1.165, 1.54) is 12.1 Å². The number of carbonyl (C=O) groups excluding carboxylic acids is 1. The Labute approximate surface area is 112 Å². The van der Waals surface area contributed by atoms with Gasteiger partial charge in [-0.3, -0.25) is 4.79 Å². The second-order valence-electron chi connectivity index (χ2n) is 4.86. The number of carbonyl (C=O) groups is 1. The van der Waals surface area contributed by atoms with Gasteiger partial charge in [-0.2, -0.15) is 0 Å². The summed E-state index contributed by atoms with van der Waals surface area (Å²) in [5, 5.41) is 27.9. The first-order chi connectivity index (χ1) is 9.13. The molecule has 0 spiro atoms. The molecule has 19 heavy (non-hydrogen) atoms. The maximum atomic E-state index is 12.4. The lowest BCUT2D eigenvalue weighted by Crippen LogP contribution is -2.45. The summed E-state index contributed by atoms with van der Waals surface area (Å²) < 4.78 is 0. The number of hydrogen-bond acceptors (Lipinski definition) is 4. The van der Waals surface area contributed by atoms with Crippen LogP contribution in [0.3, 0.4) is 0 Å². The molecule has 2 rings (SSSR count). The Morgan fingerprint density at radius 3 is 2.58 bits per heavy atom. The lowest BCUT2D eigenvalue weighted by molar-refractivity contribution is 0.0559. The van der Waals surface area contributed by atoms with E-state index in [4.69, 9.17) is 5.11 Å². The van der Waals surface area contributed by atoms with Gasteiger partial charge < -0.3 is 20.2 Å². The van der Waals surface area contributed by atoms with E-state index in [1.807, 2.05) is 0 Å². The van der Waals surface area contributed by atoms with Gasteiger partial charge in [-0.1, -0.05) is 0 Å². The smallest absolute Gasteiger partial charge is 0.257 e. The molecule has 1 saturated carbocycles. The molecule has 0 unspecified atom stereocenters. The fraction of sp³-hybridized carbons (Fsp3) is 0.500. The Kier molecular flexibility index (Phi) is 4.27. The van der Waals surface area contributed by atoms with Gasteiger partial charge in [-0.25, -0.2) is 0 Å². The van der Waals surface area contributed by atoms with Crippen LogP contribution in [-0.2, 0) is 0 Å². The summed E-state index contributed by atoms with van der Waals surface area (Å²) >= 11 is 0. The summed E-state index contributed by atoms with van der Waals surface area (Å²) in [6.45, 7) is 0.526. The SMILES string of the molecule is O=C(c1ccc(O)cc1O)N(CCCO)C1CCC1. The molecule has 5 heteroatoms. The molecule has 1 aliphatic carbocycles. The van der Waals surface area contributed by atoms with Crippen LogP contribution in [0.4, 0.5) is 0 Å². The monoisotopic (exact) mass is 265 g/mol. The highest BCUT2D eigenvalue weighted by Crippen LogP contribution is 2.29. The minimum Gasteiger partial charge on any atom is -0.508 e. The number of amides is 1. The van der Waals surface area contributed by atoms with E-state index in [-0.39, 0.29) is 35.6 Å². The van der Waals surface area contributed by atoms with Crippen molar-refractivity contribution in [2.24, 2.45) is 0 Å². The maximum Gasteiger partial charge on any atom is 0.257 e. The van der Waals surface area contributed by atoms with E-state index in [1.54, 1.807) is 4.90 Å². The van der Waals surface area contributed by atoms with Crippen molar-refractivity contribution in [2.45, 2.75) is 31.7 Å². The van der Waals surface area contributed by atoms with Crippen LogP contribution >= 0.6 is 0 Å². The van der Waals surface area contributed by atoms with Crippen LogP contribution < -0.4 is 0 Å². The Balaban J connectivity index is 2.17. The van der Waals surface area contributed by atoms with E-state index in [9.17, 15) is 15.0 Å². The molecule has 0 aromatic heterocycles. The first kappa shape index (κ1) is 13.7. The zero-order valence-electron chi connectivity index (χ0n) is 10.7. The van der Waals surface area contributed by atoms with Crippen LogP contribution in [-0.4, -0.2) is 45.3 Å². The van der Waals surface area contributed by atoms with Crippen molar-refractivity contribution in [3.05, 3.63) is 23.8 Å². The van der Waals surface area contributed by atoms with Crippen molar-refractivity contribution >= 4 is 5.91 Å². The quantitative estimate of drug-likeness (QED) is 0.753. The summed E-state index contributed by atoms with van der Waals surface area (Å²) in [6.07, 6.45) is 3.57. The molecule has 104 valence electrons. The molecular weight excluding hydrogens is 246 g/mol. The standard InChI is InChI=1S/C14H19NO4/c16-8-2-7-15(10-3-1-4-10)14(19)12-6-5-11(17)9-13(12)18/h5-6,9-10,16-18H,1-4,7-8H2. The van der Waals surface area contributed by atoms with Crippen molar-refractivity contribution in [3.8, 4) is 11.5 Å². The molecule has 0 aliphatic heterocycles. The molecule has 1 fully saturated rings. The third kappa shape index (κ3) is 2.98. The van der Waals surface area contributed by atoms with Crippen LogP contribution in [0.15, 0.2) is 18.2 Å². The molecule has 1 aliphatic rings. The van der Waals surface area contributed by atoms with Crippen molar-refractivity contribution < 1.29 is 20.1 Å². The van der Waals surface area contributed by atoms with E-state index < -0.39 is 0 Å². The first-order valence-electron chi connectivity index (χ1n) is 6.57. The van der Waals surface area contributed by atoms with Gasteiger partial charge in [0.2, 0.25) is 0 Å². The summed E-state index contributed by atoms with van der Waals surface area (Å²) in [5.41, 5.74) is 0.197. The minimum absolute atomic E-state index is 0.0397. The predicted octanol–water partition coefficient (Wildman–Crippen LogP) is 1.47. The summed E-state index contributed by atoms with van der Waals surface area (Å²) in [7, 11) is 0. The zero-order chi connectivity index (χ0) is 13.8. The molecular formula is C14H19NO4. The average molecular weight is 265 g/mol. The summed E-state index contributed by atoms with van der Waals surface area (Å²) in [5.74, 6) is -0.520. The molecule has 0 radical (unpaired) electrons. The van der Waals surface area contributed by atoms with E-state index in [0.717, 1.165) is 25.3 Å². The van der Waals surface area contributed by atoms with Crippen LogP contribution in [0.5, 0.6) is 11.5 Å². The lowest BCUT2D eigenvalue weighted by atomic mass is 9.90. The topological polar surface area (TPSA) is 81.0 Å². The van der Waals surface area contributed by atoms with E-state index in [0.29, 0.717) is 13.0 Å². The Morgan fingerprint density at radius 1 is 1.32 bits per heavy atom. The molecule has 3 N–H and O–H groups in total.